The molecule has 1 nitrogen and oxygen atoms in total. The highest BCUT2D eigenvalue weighted by atomic mass is 32.2. The van der Waals surface area contributed by atoms with Crippen molar-refractivity contribution in [1.82, 2.24) is 0 Å². The van der Waals surface area contributed by atoms with Crippen molar-refractivity contribution < 1.29 is 4.21 Å². The fraction of sp³-hybridized carbons (Fsp3) is 0.500. The largest absolute Gasteiger partial charge is 0.254 e. The monoisotopic (exact) mass is 156 g/mol. The zero-order valence-corrected chi connectivity index (χ0v) is 7.10. The smallest absolute Gasteiger partial charge is 0.0594 e. The minimum atomic E-state index is -0.775. The third-order valence-corrected chi connectivity index (χ3v) is 3.21. The van der Waals surface area contributed by atoms with Crippen LogP contribution >= 0.6 is 0 Å². The molecule has 0 N–H and O–H groups in total. The van der Waals surface area contributed by atoms with Gasteiger partial charge in [-0.3, -0.25) is 4.21 Å². The quantitative estimate of drug-likeness (QED) is 0.566. The van der Waals surface area contributed by atoms with Gasteiger partial charge in [-0.25, -0.2) is 0 Å². The molecule has 10 heavy (non-hydrogen) atoms. The van der Waals surface area contributed by atoms with E-state index in [0.717, 1.165) is 0 Å². The van der Waals surface area contributed by atoms with Crippen molar-refractivity contribution in [3.05, 3.63) is 23.6 Å². The molecule has 0 spiro atoms. The van der Waals surface area contributed by atoms with E-state index >= 15 is 0 Å². The summed E-state index contributed by atoms with van der Waals surface area (Å²) in [5, 5.41) is 1.98. The van der Waals surface area contributed by atoms with Gasteiger partial charge in [0, 0.05) is 5.41 Å². The van der Waals surface area contributed by atoms with Crippen molar-refractivity contribution in [2.24, 2.45) is 5.92 Å². The van der Waals surface area contributed by atoms with Crippen LogP contribution in [0.1, 0.15) is 13.8 Å². The van der Waals surface area contributed by atoms with Crippen molar-refractivity contribution in [3.8, 4) is 0 Å². The maximum absolute atomic E-state index is 11.2. The van der Waals surface area contributed by atoms with Gasteiger partial charge < -0.3 is 0 Å². The van der Waals surface area contributed by atoms with Crippen LogP contribution in [0.4, 0.5) is 0 Å². The second-order valence-electron chi connectivity index (χ2n) is 2.75. The van der Waals surface area contributed by atoms with E-state index in [4.69, 9.17) is 0 Å². The normalized spacial score (nSPS) is 31.5. The van der Waals surface area contributed by atoms with Crippen LogP contribution in [0.15, 0.2) is 23.6 Å². The lowest BCUT2D eigenvalue weighted by molar-refractivity contribution is 0.635. The maximum Gasteiger partial charge on any atom is 0.0594 e. The summed E-state index contributed by atoms with van der Waals surface area (Å²) in [6, 6.07) is 0. The minimum Gasteiger partial charge on any atom is -0.254 e. The van der Waals surface area contributed by atoms with Crippen LogP contribution in [0.5, 0.6) is 0 Å². The van der Waals surface area contributed by atoms with E-state index in [2.05, 4.69) is 13.8 Å². The van der Waals surface area contributed by atoms with E-state index in [-0.39, 0.29) is 5.25 Å². The first-order valence-corrected chi connectivity index (χ1v) is 4.74. The summed E-state index contributed by atoms with van der Waals surface area (Å²) in [4.78, 5) is 0. The zero-order chi connectivity index (χ0) is 7.56. The molecule has 0 aromatic carbocycles. The first kappa shape index (κ1) is 7.73. The first-order valence-electron chi connectivity index (χ1n) is 3.46. The lowest BCUT2D eigenvalue weighted by atomic mass is 10.1. The Kier molecular flexibility index (Phi) is 2.44. The second kappa shape index (κ2) is 3.15. The van der Waals surface area contributed by atoms with Gasteiger partial charge in [-0.1, -0.05) is 32.1 Å². The summed E-state index contributed by atoms with van der Waals surface area (Å²) >= 11 is 0. The third kappa shape index (κ3) is 1.57. The number of rotatable bonds is 1. The molecular weight excluding hydrogens is 144 g/mol. The van der Waals surface area contributed by atoms with Crippen LogP contribution in [0.2, 0.25) is 0 Å². The van der Waals surface area contributed by atoms with Gasteiger partial charge in [0.1, 0.15) is 0 Å². The van der Waals surface area contributed by atoms with Gasteiger partial charge >= 0.3 is 0 Å². The maximum atomic E-state index is 11.2. The predicted octanol–water partition coefficient (Wildman–Crippen LogP) is 1.84. The highest BCUT2D eigenvalue weighted by molar-refractivity contribution is 7.88. The van der Waals surface area contributed by atoms with Crippen molar-refractivity contribution in [2.45, 2.75) is 19.1 Å². The van der Waals surface area contributed by atoms with Crippen molar-refractivity contribution in [2.75, 3.05) is 0 Å². The number of allylic oxidation sites excluding steroid dienone is 2. The summed E-state index contributed by atoms with van der Waals surface area (Å²) in [5.41, 5.74) is 0. The van der Waals surface area contributed by atoms with Crippen LogP contribution in [0.25, 0.3) is 0 Å². The molecular formula is C8H12OS. The fourth-order valence-electron chi connectivity index (χ4n) is 0.955. The van der Waals surface area contributed by atoms with Crippen molar-refractivity contribution in [3.63, 3.8) is 0 Å². The molecule has 0 aliphatic carbocycles. The third-order valence-electron chi connectivity index (χ3n) is 1.55. The molecule has 0 aromatic heterocycles. The van der Waals surface area contributed by atoms with Crippen LogP contribution in [0, 0.1) is 5.92 Å². The lowest BCUT2D eigenvalue weighted by Gasteiger charge is -2.15. The van der Waals surface area contributed by atoms with Crippen LogP contribution in [-0.4, -0.2) is 9.46 Å². The first-order chi connectivity index (χ1) is 4.72. The summed E-state index contributed by atoms with van der Waals surface area (Å²) in [6.07, 6.45) is 5.82. The Bertz CT molecular complexity index is 191. The van der Waals surface area contributed by atoms with E-state index in [0.29, 0.717) is 5.92 Å². The van der Waals surface area contributed by atoms with Gasteiger partial charge in [0.15, 0.2) is 0 Å². The zero-order valence-electron chi connectivity index (χ0n) is 6.28. The van der Waals surface area contributed by atoms with Crippen LogP contribution in [0.3, 0.4) is 0 Å². The Morgan fingerprint density at radius 2 is 2.10 bits per heavy atom. The Balaban J connectivity index is 2.70. The molecule has 2 atom stereocenters. The topological polar surface area (TPSA) is 17.1 Å². The Morgan fingerprint density at radius 1 is 1.40 bits per heavy atom. The molecule has 0 saturated carbocycles. The second-order valence-corrected chi connectivity index (χ2v) is 4.22. The molecule has 0 bridgehead atoms. The molecule has 1 aliphatic heterocycles. The van der Waals surface area contributed by atoms with E-state index in [1.807, 2.05) is 18.2 Å². The summed E-state index contributed by atoms with van der Waals surface area (Å²) in [6.45, 7) is 4.18. The lowest BCUT2D eigenvalue weighted by Crippen LogP contribution is -2.18. The summed E-state index contributed by atoms with van der Waals surface area (Å²) in [5.74, 6) is 0.474. The molecule has 1 aliphatic rings. The van der Waals surface area contributed by atoms with Crippen molar-refractivity contribution >= 4 is 10.8 Å². The van der Waals surface area contributed by atoms with Gasteiger partial charge in [0.05, 0.1) is 16.0 Å². The van der Waals surface area contributed by atoms with Crippen LogP contribution < -0.4 is 0 Å². The molecule has 1 heterocycles. The predicted molar refractivity (Wildman–Crippen MR) is 45.0 cm³/mol. The average Bonchev–Trinajstić information content (AvgIpc) is 1.88. The Hall–Kier alpha value is -0.370. The van der Waals surface area contributed by atoms with E-state index in [9.17, 15) is 4.21 Å². The summed E-state index contributed by atoms with van der Waals surface area (Å²) in [7, 11) is -0.775. The average molecular weight is 156 g/mol. The fourth-order valence-corrected chi connectivity index (χ4v) is 2.16. The number of hydrogen-bond donors (Lipinski definition) is 0. The summed E-state index contributed by atoms with van der Waals surface area (Å²) < 4.78 is 11.2. The molecule has 0 aromatic rings. The van der Waals surface area contributed by atoms with Crippen molar-refractivity contribution in [1.29, 1.82) is 0 Å². The SMILES string of the molecule is CC(C)C1C=CC=CS1=O. The molecule has 56 valence electrons. The van der Waals surface area contributed by atoms with Gasteiger partial charge in [0.2, 0.25) is 0 Å². The van der Waals surface area contributed by atoms with E-state index in [1.54, 1.807) is 5.41 Å². The molecule has 2 heteroatoms. The molecule has 0 radical (unpaired) electrons. The Labute approximate surface area is 64.3 Å². The molecule has 0 saturated heterocycles. The van der Waals surface area contributed by atoms with Gasteiger partial charge in [-0.2, -0.15) is 0 Å². The number of hydrogen-bond acceptors (Lipinski definition) is 1. The van der Waals surface area contributed by atoms with E-state index in [1.165, 1.54) is 0 Å². The minimum absolute atomic E-state index is 0.227. The highest BCUT2D eigenvalue weighted by Crippen LogP contribution is 2.15. The standard InChI is InChI=1S/C8H12OS/c1-7(2)8-5-3-4-6-10(8)9/h3-8H,1-2H3. The molecule has 1 rings (SSSR count). The molecule has 0 amide bonds. The van der Waals surface area contributed by atoms with Gasteiger partial charge in [0.25, 0.3) is 0 Å². The van der Waals surface area contributed by atoms with Gasteiger partial charge in [-0.05, 0) is 5.92 Å². The molecule has 0 fully saturated rings. The molecule has 2 unspecified atom stereocenters. The van der Waals surface area contributed by atoms with Gasteiger partial charge in [-0.15, -0.1) is 0 Å². The Morgan fingerprint density at radius 3 is 2.50 bits per heavy atom. The van der Waals surface area contributed by atoms with Crippen LogP contribution in [-0.2, 0) is 10.8 Å². The highest BCUT2D eigenvalue weighted by Gasteiger charge is 2.16. The van der Waals surface area contributed by atoms with E-state index < -0.39 is 10.8 Å².